The molecule has 26 heavy (non-hydrogen) atoms. The number of fused-ring (bicyclic) bond motifs is 1. The lowest BCUT2D eigenvalue weighted by Crippen LogP contribution is -2.73. The van der Waals surface area contributed by atoms with E-state index in [9.17, 15) is 4.79 Å². The Bertz CT molecular complexity index is 708. The lowest BCUT2D eigenvalue weighted by molar-refractivity contribution is -0.173. The van der Waals surface area contributed by atoms with Crippen molar-refractivity contribution < 1.29 is 4.79 Å². The Balaban J connectivity index is 1.50. The van der Waals surface area contributed by atoms with Crippen LogP contribution >= 0.6 is 47.8 Å². The van der Waals surface area contributed by atoms with Gasteiger partial charge in [0.2, 0.25) is 11.9 Å². The van der Waals surface area contributed by atoms with Gasteiger partial charge in [-0.15, -0.1) is 0 Å². The minimum Gasteiger partial charge on any atom is -0.339 e. The second-order valence-corrected chi connectivity index (χ2v) is 12.1. The lowest BCUT2D eigenvalue weighted by Gasteiger charge is -2.66. The molecule has 2 bridgehead atoms. The van der Waals surface area contributed by atoms with Gasteiger partial charge in [0.1, 0.15) is 0 Å². The first-order valence-electron chi connectivity index (χ1n) is 9.02. The molecule has 1 saturated heterocycles. The number of hydrogen-bond acceptors (Lipinski definition) is 4. The van der Waals surface area contributed by atoms with E-state index in [0.717, 1.165) is 45.0 Å². The molecule has 3 atom stereocenters. The van der Waals surface area contributed by atoms with E-state index >= 15 is 0 Å². The van der Waals surface area contributed by atoms with Gasteiger partial charge in [0.15, 0.2) is 0 Å². The Labute approximate surface area is 179 Å². The van der Waals surface area contributed by atoms with Crippen LogP contribution < -0.4 is 4.90 Å². The molecular formula is C18H23Br3N4O. The largest absolute Gasteiger partial charge is 0.339 e. The highest BCUT2D eigenvalue weighted by molar-refractivity contribution is 9.24. The molecule has 0 N–H and O–H groups in total. The topological polar surface area (TPSA) is 49.3 Å². The quantitative estimate of drug-likeness (QED) is 0.537. The Kier molecular flexibility index (Phi) is 4.71. The molecular weight excluding hydrogens is 528 g/mol. The van der Waals surface area contributed by atoms with Crippen LogP contribution in [0, 0.1) is 16.2 Å². The average molecular weight is 551 g/mol. The molecule has 4 aliphatic rings. The molecule has 1 aromatic rings. The lowest BCUT2D eigenvalue weighted by atomic mass is 9.43. The molecule has 8 heteroatoms. The van der Waals surface area contributed by atoms with Crippen molar-refractivity contribution in [3.8, 4) is 0 Å². The zero-order valence-electron chi connectivity index (χ0n) is 15.0. The van der Waals surface area contributed by atoms with E-state index in [4.69, 9.17) is 0 Å². The molecule has 3 unspecified atom stereocenters. The summed E-state index contributed by atoms with van der Waals surface area (Å²) in [6, 6.07) is 1.82. The molecule has 1 aromatic heterocycles. The van der Waals surface area contributed by atoms with Crippen molar-refractivity contribution in [3.63, 3.8) is 0 Å². The van der Waals surface area contributed by atoms with Crippen LogP contribution in [0.5, 0.6) is 0 Å². The summed E-state index contributed by atoms with van der Waals surface area (Å²) in [6.45, 7) is 7.55. The van der Waals surface area contributed by atoms with Gasteiger partial charge in [0, 0.05) is 48.8 Å². The van der Waals surface area contributed by atoms with Gasteiger partial charge in [0.25, 0.3) is 0 Å². The summed E-state index contributed by atoms with van der Waals surface area (Å²) in [5, 5.41) is 0. The van der Waals surface area contributed by atoms with Crippen molar-refractivity contribution in [2.45, 2.75) is 35.3 Å². The fraction of sp³-hybridized carbons (Fsp3) is 0.722. The van der Waals surface area contributed by atoms with Crippen molar-refractivity contribution in [1.82, 2.24) is 14.9 Å². The molecule has 3 saturated carbocycles. The minimum absolute atomic E-state index is 0.0530. The highest BCUT2D eigenvalue weighted by Gasteiger charge is 2.83. The minimum atomic E-state index is -0.307. The van der Waals surface area contributed by atoms with Gasteiger partial charge in [-0.2, -0.15) is 0 Å². The highest BCUT2D eigenvalue weighted by Crippen LogP contribution is 2.82. The number of aromatic nitrogens is 2. The number of rotatable bonds is 3. The summed E-state index contributed by atoms with van der Waals surface area (Å²) < 4.78 is 0.206. The van der Waals surface area contributed by atoms with E-state index in [1.807, 2.05) is 6.07 Å². The molecule has 1 aliphatic heterocycles. The summed E-state index contributed by atoms with van der Waals surface area (Å²) in [5.74, 6) is 1.06. The van der Waals surface area contributed by atoms with Gasteiger partial charge in [-0.05, 0) is 24.3 Å². The third kappa shape index (κ3) is 2.21. The first-order chi connectivity index (χ1) is 12.3. The monoisotopic (exact) mass is 548 g/mol. The van der Waals surface area contributed by atoms with Crippen LogP contribution in [0.15, 0.2) is 18.5 Å². The standard InChI is InChI=1S/C18H23Br3N4O/c1-16(2)17(13(20)21)4-5-18(16,12(17)19)14(26)24-8-10-25(11-9-24)15-22-6-3-7-23-15/h3,6-7,12-13H,4-5,8-11H2,1-2H3. The molecule has 4 fully saturated rings. The van der Waals surface area contributed by atoms with Gasteiger partial charge >= 0.3 is 0 Å². The zero-order chi connectivity index (χ0) is 18.7. The van der Waals surface area contributed by atoms with Gasteiger partial charge in [-0.1, -0.05) is 61.6 Å². The maximum atomic E-state index is 13.6. The Hall–Kier alpha value is -0.210. The third-order valence-corrected chi connectivity index (χ3v) is 10.5. The molecule has 0 aromatic carbocycles. The number of carbonyl (C=O) groups is 1. The van der Waals surface area contributed by atoms with Crippen LogP contribution in [0.3, 0.4) is 0 Å². The van der Waals surface area contributed by atoms with Crippen molar-refractivity contribution in [2.75, 3.05) is 31.1 Å². The van der Waals surface area contributed by atoms with Crippen LogP contribution in [0.4, 0.5) is 5.95 Å². The van der Waals surface area contributed by atoms with Crippen LogP contribution in [0.25, 0.3) is 0 Å². The van der Waals surface area contributed by atoms with Crippen LogP contribution in [-0.2, 0) is 4.79 Å². The smallest absolute Gasteiger partial charge is 0.230 e. The number of anilines is 1. The Morgan fingerprint density at radius 3 is 2.27 bits per heavy atom. The maximum absolute atomic E-state index is 13.6. The fourth-order valence-corrected chi connectivity index (χ4v) is 10.4. The fourth-order valence-electron chi connectivity index (χ4n) is 5.51. The number of alkyl halides is 3. The predicted octanol–water partition coefficient (Wildman–Crippen LogP) is 3.81. The Morgan fingerprint density at radius 1 is 1.15 bits per heavy atom. The van der Waals surface area contributed by atoms with Crippen molar-refractivity contribution >= 4 is 59.6 Å². The van der Waals surface area contributed by atoms with E-state index < -0.39 is 0 Å². The number of halogens is 3. The number of carbonyl (C=O) groups excluding carboxylic acids is 1. The van der Waals surface area contributed by atoms with Crippen molar-refractivity contribution in [3.05, 3.63) is 18.5 Å². The van der Waals surface area contributed by atoms with Gasteiger partial charge < -0.3 is 9.80 Å². The SMILES string of the molecule is CC1(C)C2(C(=O)N3CCN(c4ncccn4)CC3)CCC1(C(Br)Br)C2Br. The molecule has 0 spiro atoms. The second kappa shape index (κ2) is 6.41. The van der Waals surface area contributed by atoms with E-state index in [-0.39, 0.29) is 24.8 Å². The predicted molar refractivity (Wildman–Crippen MR) is 113 cm³/mol. The number of nitrogens with zero attached hydrogens (tertiary/aromatic N) is 4. The van der Waals surface area contributed by atoms with E-state index in [1.165, 1.54) is 0 Å². The average Bonchev–Trinajstić information content (AvgIpc) is 3.12. The number of piperazine rings is 1. The van der Waals surface area contributed by atoms with Crippen molar-refractivity contribution in [1.29, 1.82) is 0 Å². The summed E-state index contributed by atoms with van der Waals surface area (Å²) in [5.41, 5.74) is -0.289. The van der Waals surface area contributed by atoms with Crippen molar-refractivity contribution in [2.24, 2.45) is 16.2 Å². The molecule has 0 radical (unpaired) electrons. The van der Waals surface area contributed by atoms with E-state index in [2.05, 4.69) is 81.4 Å². The molecule has 5 nitrogen and oxygen atoms in total. The Morgan fingerprint density at radius 2 is 1.77 bits per heavy atom. The highest BCUT2D eigenvalue weighted by atomic mass is 79.9. The van der Waals surface area contributed by atoms with Crippen LogP contribution in [0.1, 0.15) is 26.7 Å². The summed E-state index contributed by atoms with van der Waals surface area (Å²) >= 11 is 11.4. The van der Waals surface area contributed by atoms with Gasteiger partial charge in [-0.25, -0.2) is 9.97 Å². The number of hydrogen-bond donors (Lipinski definition) is 0. The summed E-state index contributed by atoms with van der Waals surface area (Å²) in [4.78, 5) is 26.7. The van der Waals surface area contributed by atoms with E-state index in [0.29, 0.717) is 5.91 Å². The molecule has 1 amide bonds. The second-order valence-electron chi connectivity index (χ2n) is 8.13. The maximum Gasteiger partial charge on any atom is 0.230 e. The molecule has 5 rings (SSSR count). The van der Waals surface area contributed by atoms with Gasteiger partial charge in [0.05, 0.1) is 9.15 Å². The third-order valence-electron chi connectivity index (χ3n) is 7.27. The van der Waals surface area contributed by atoms with Gasteiger partial charge in [-0.3, -0.25) is 4.79 Å². The summed E-state index contributed by atoms with van der Waals surface area (Å²) in [6.07, 6.45) is 5.53. The number of amides is 1. The molecule has 3 aliphatic carbocycles. The van der Waals surface area contributed by atoms with E-state index in [1.54, 1.807) is 12.4 Å². The molecule has 142 valence electrons. The van der Waals surface area contributed by atoms with Crippen LogP contribution in [0.2, 0.25) is 0 Å². The zero-order valence-corrected chi connectivity index (χ0v) is 19.7. The molecule has 2 heterocycles. The first kappa shape index (κ1) is 19.1. The van der Waals surface area contributed by atoms with Crippen LogP contribution in [-0.4, -0.2) is 55.5 Å². The normalized spacial score (nSPS) is 35.5. The first-order valence-corrected chi connectivity index (χ1v) is 11.8. The summed E-state index contributed by atoms with van der Waals surface area (Å²) in [7, 11) is 0.